The van der Waals surface area contributed by atoms with E-state index >= 15 is 0 Å². The molecule has 112 valence electrons. The van der Waals surface area contributed by atoms with Crippen molar-refractivity contribution in [1.29, 1.82) is 0 Å². The Kier molecular flexibility index (Phi) is 6.06. The van der Waals surface area contributed by atoms with E-state index in [1.807, 2.05) is 42.5 Å². The van der Waals surface area contributed by atoms with Crippen LogP contribution >= 0.6 is 0 Å². The standard InChI is InChI=1S/C17H22N2O2/c18-16-6-8-17(9-7-16)21-13-11-19(10-12-20)14-15-4-2-1-3-5-15/h1-9,20H,10-14,18H2. The highest BCUT2D eigenvalue weighted by Crippen LogP contribution is 2.13. The van der Waals surface area contributed by atoms with Crippen LogP contribution in [-0.2, 0) is 6.54 Å². The van der Waals surface area contributed by atoms with Gasteiger partial charge in [-0.2, -0.15) is 0 Å². The van der Waals surface area contributed by atoms with Gasteiger partial charge in [0, 0.05) is 25.3 Å². The van der Waals surface area contributed by atoms with Crippen LogP contribution in [-0.4, -0.2) is 36.3 Å². The van der Waals surface area contributed by atoms with Gasteiger partial charge in [0.25, 0.3) is 0 Å². The maximum Gasteiger partial charge on any atom is 0.119 e. The number of aliphatic hydroxyl groups excluding tert-OH is 1. The molecular weight excluding hydrogens is 264 g/mol. The van der Waals surface area contributed by atoms with E-state index in [4.69, 9.17) is 15.6 Å². The van der Waals surface area contributed by atoms with Gasteiger partial charge in [0.2, 0.25) is 0 Å². The van der Waals surface area contributed by atoms with Crippen LogP contribution in [0.2, 0.25) is 0 Å². The van der Waals surface area contributed by atoms with Crippen molar-refractivity contribution < 1.29 is 9.84 Å². The van der Waals surface area contributed by atoms with E-state index in [0.29, 0.717) is 13.2 Å². The van der Waals surface area contributed by atoms with E-state index in [1.165, 1.54) is 5.56 Å². The van der Waals surface area contributed by atoms with Crippen LogP contribution in [0.15, 0.2) is 54.6 Å². The lowest BCUT2D eigenvalue weighted by atomic mass is 10.2. The van der Waals surface area contributed by atoms with Crippen molar-refractivity contribution >= 4 is 5.69 Å². The van der Waals surface area contributed by atoms with Gasteiger partial charge in [-0.15, -0.1) is 0 Å². The molecule has 0 spiro atoms. The van der Waals surface area contributed by atoms with Crippen molar-refractivity contribution in [3.63, 3.8) is 0 Å². The van der Waals surface area contributed by atoms with E-state index in [2.05, 4.69) is 17.0 Å². The highest BCUT2D eigenvalue weighted by Gasteiger charge is 2.05. The van der Waals surface area contributed by atoms with Crippen molar-refractivity contribution in [2.75, 3.05) is 32.0 Å². The summed E-state index contributed by atoms with van der Waals surface area (Å²) in [6.07, 6.45) is 0. The largest absolute Gasteiger partial charge is 0.492 e. The van der Waals surface area contributed by atoms with E-state index in [0.717, 1.165) is 24.5 Å². The minimum atomic E-state index is 0.148. The average Bonchev–Trinajstić information content (AvgIpc) is 2.50. The van der Waals surface area contributed by atoms with Gasteiger partial charge >= 0.3 is 0 Å². The Morgan fingerprint density at radius 1 is 0.952 bits per heavy atom. The zero-order valence-electron chi connectivity index (χ0n) is 12.1. The van der Waals surface area contributed by atoms with Gasteiger partial charge in [-0.05, 0) is 29.8 Å². The molecule has 0 atom stereocenters. The fraction of sp³-hybridized carbons (Fsp3) is 0.294. The van der Waals surface area contributed by atoms with Crippen LogP contribution in [0, 0.1) is 0 Å². The van der Waals surface area contributed by atoms with Gasteiger partial charge in [-0.1, -0.05) is 30.3 Å². The first-order valence-electron chi connectivity index (χ1n) is 7.13. The average molecular weight is 286 g/mol. The Balaban J connectivity index is 1.81. The van der Waals surface area contributed by atoms with Crippen molar-refractivity contribution in [3.8, 4) is 5.75 Å². The maximum absolute atomic E-state index is 9.17. The lowest BCUT2D eigenvalue weighted by Crippen LogP contribution is -2.30. The van der Waals surface area contributed by atoms with Crippen molar-refractivity contribution in [2.45, 2.75) is 6.54 Å². The summed E-state index contributed by atoms with van der Waals surface area (Å²) >= 11 is 0. The smallest absolute Gasteiger partial charge is 0.119 e. The number of nitrogens with zero attached hydrogens (tertiary/aromatic N) is 1. The lowest BCUT2D eigenvalue weighted by molar-refractivity contribution is 0.163. The van der Waals surface area contributed by atoms with E-state index in [-0.39, 0.29) is 6.61 Å². The number of hydrogen-bond donors (Lipinski definition) is 2. The molecule has 2 aromatic carbocycles. The summed E-state index contributed by atoms with van der Waals surface area (Å²) in [5, 5.41) is 9.17. The highest BCUT2D eigenvalue weighted by molar-refractivity contribution is 5.41. The Labute approximate surface area is 125 Å². The number of aliphatic hydroxyl groups is 1. The topological polar surface area (TPSA) is 58.7 Å². The molecule has 21 heavy (non-hydrogen) atoms. The van der Waals surface area contributed by atoms with Crippen molar-refractivity contribution in [2.24, 2.45) is 0 Å². The third-order valence-electron chi connectivity index (χ3n) is 3.22. The van der Waals surface area contributed by atoms with Gasteiger partial charge in [0.15, 0.2) is 0 Å². The summed E-state index contributed by atoms with van der Waals surface area (Å²) in [7, 11) is 0. The van der Waals surface area contributed by atoms with Gasteiger partial charge in [-0.25, -0.2) is 0 Å². The van der Waals surface area contributed by atoms with Crippen molar-refractivity contribution in [1.82, 2.24) is 4.90 Å². The normalized spacial score (nSPS) is 10.8. The van der Waals surface area contributed by atoms with Gasteiger partial charge in [0.05, 0.1) is 6.61 Å². The van der Waals surface area contributed by atoms with Crippen LogP contribution in [0.4, 0.5) is 5.69 Å². The SMILES string of the molecule is Nc1ccc(OCCN(CCO)Cc2ccccc2)cc1. The van der Waals surface area contributed by atoms with Crippen LogP contribution in [0.25, 0.3) is 0 Å². The molecule has 0 bridgehead atoms. The van der Waals surface area contributed by atoms with Crippen molar-refractivity contribution in [3.05, 3.63) is 60.2 Å². The fourth-order valence-corrected chi connectivity index (χ4v) is 2.11. The molecule has 4 nitrogen and oxygen atoms in total. The second kappa shape index (κ2) is 8.29. The molecule has 0 fully saturated rings. The minimum Gasteiger partial charge on any atom is -0.492 e. The second-order valence-electron chi connectivity index (χ2n) is 4.90. The zero-order chi connectivity index (χ0) is 14.9. The number of rotatable bonds is 8. The molecule has 2 rings (SSSR count). The summed E-state index contributed by atoms with van der Waals surface area (Å²) in [4.78, 5) is 2.17. The third-order valence-corrected chi connectivity index (χ3v) is 3.22. The zero-order valence-corrected chi connectivity index (χ0v) is 12.1. The van der Waals surface area contributed by atoms with Gasteiger partial charge in [0.1, 0.15) is 12.4 Å². The molecule has 0 aliphatic carbocycles. The molecule has 0 radical (unpaired) electrons. The summed E-state index contributed by atoms with van der Waals surface area (Å²) in [6, 6.07) is 17.6. The van der Waals surface area contributed by atoms with Crippen LogP contribution < -0.4 is 10.5 Å². The van der Waals surface area contributed by atoms with E-state index < -0.39 is 0 Å². The summed E-state index contributed by atoms with van der Waals surface area (Å²) in [5.74, 6) is 0.813. The minimum absolute atomic E-state index is 0.148. The summed E-state index contributed by atoms with van der Waals surface area (Å²) in [5.41, 5.74) is 7.60. The molecule has 3 N–H and O–H groups in total. The Hall–Kier alpha value is -2.04. The van der Waals surface area contributed by atoms with Crippen LogP contribution in [0.3, 0.4) is 0 Å². The molecule has 0 unspecified atom stereocenters. The molecule has 0 aliphatic rings. The fourth-order valence-electron chi connectivity index (χ4n) is 2.11. The molecule has 0 saturated carbocycles. The molecule has 0 amide bonds. The highest BCUT2D eigenvalue weighted by atomic mass is 16.5. The number of ether oxygens (including phenoxy) is 1. The van der Waals surface area contributed by atoms with Crippen LogP contribution in [0.1, 0.15) is 5.56 Å². The molecule has 0 aliphatic heterocycles. The molecule has 2 aromatic rings. The van der Waals surface area contributed by atoms with Gasteiger partial charge in [-0.3, -0.25) is 4.90 Å². The molecule has 4 heteroatoms. The number of anilines is 1. The first-order valence-corrected chi connectivity index (χ1v) is 7.13. The Bertz CT molecular complexity index is 514. The third kappa shape index (κ3) is 5.45. The summed E-state index contributed by atoms with van der Waals surface area (Å²) < 4.78 is 5.70. The Morgan fingerprint density at radius 2 is 1.67 bits per heavy atom. The number of hydrogen-bond acceptors (Lipinski definition) is 4. The second-order valence-corrected chi connectivity index (χ2v) is 4.90. The lowest BCUT2D eigenvalue weighted by Gasteiger charge is -2.21. The number of benzene rings is 2. The molecule has 0 aromatic heterocycles. The predicted molar refractivity (Wildman–Crippen MR) is 85.2 cm³/mol. The first-order chi connectivity index (χ1) is 10.3. The number of nitrogens with two attached hydrogens (primary N) is 1. The Morgan fingerprint density at radius 3 is 2.33 bits per heavy atom. The number of nitrogen functional groups attached to an aromatic ring is 1. The molecule has 0 heterocycles. The van der Waals surface area contributed by atoms with Crippen LogP contribution in [0.5, 0.6) is 5.75 Å². The first kappa shape index (κ1) is 15.4. The summed E-state index contributed by atoms with van der Waals surface area (Å²) in [6.45, 7) is 2.94. The van der Waals surface area contributed by atoms with Gasteiger partial charge < -0.3 is 15.6 Å². The maximum atomic E-state index is 9.17. The van der Waals surface area contributed by atoms with E-state index in [1.54, 1.807) is 0 Å². The molecular formula is C17H22N2O2. The predicted octanol–water partition coefficient (Wildman–Crippen LogP) is 2.14. The monoisotopic (exact) mass is 286 g/mol. The quantitative estimate of drug-likeness (QED) is 0.730. The molecule has 0 saturated heterocycles. The van der Waals surface area contributed by atoms with E-state index in [9.17, 15) is 0 Å².